The van der Waals surface area contributed by atoms with E-state index in [4.69, 9.17) is 4.74 Å². The van der Waals surface area contributed by atoms with Crippen molar-refractivity contribution < 1.29 is 26.6 Å². The Balaban J connectivity index is 0.000000695. The van der Waals surface area contributed by atoms with Gasteiger partial charge in [-0.1, -0.05) is 78.9 Å². The van der Waals surface area contributed by atoms with E-state index in [-0.39, 0.29) is 0 Å². The summed E-state index contributed by atoms with van der Waals surface area (Å²) in [7, 11) is -1.90. The Hall–Kier alpha value is -4.13. The smallest absolute Gasteiger partial charge is 0.456 e. The van der Waals surface area contributed by atoms with Crippen LogP contribution in [0.25, 0.3) is 11.3 Å². The van der Waals surface area contributed by atoms with E-state index >= 15 is 0 Å². The predicted molar refractivity (Wildman–Crippen MR) is 145 cm³/mol. The Morgan fingerprint density at radius 3 is 1.86 bits per heavy atom. The first-order valence-electron chi connectivity index (χ1n) is 11.7. The Morgan fingerprint density at radius 2 is 1.32 bits per heavy atom. The highest BCUT2D eigenvalue weighted by Gasteiger charge is 2.20. The average molecular weight is 505 g/mol. The minimum Gasteiger partial charge on any atom is -0.456 e. The summed E-state index contributed by atoms with van der Waals surface area (Å²) in [6.07, 6.45) is 19.0. The summed E-state index contributed by atoms with van der Waals surface area (Å²) in [5, 5.41) is 0. The maximum absolute atomic E-state index is 9.75. The second-order valence-corrected chi connectivity index (χ2v) is 8.50. The molecule has 0 radical (unpaired) electrons. The molecule has 1 aliphatic heterocycles. The molecule has 37 heavy (non-hydrogen) atoms. The molecule has 0 amide bonds. The van der Waals surface area contributed by atoms with Crippen molar-refractivity contribution in [1.82, 2.24) is 0 Å². The van der Waals surface area contributed by atoms with E-state index in [9.17, 15) is 17.3 Å². The van der Waals surface area contributed by atoms with Crippen LogP contribution in [0.4, 0.5) is 17.3 Å². The molecule has 0 fully saturated rings. The Morgan fingerprint density at radius 1 is 0.784 bits per heavy atom. The second kappa shape index (κ2) is 12.7. The molecule has 0 aromatic heterocycles. The van der Waals surface area contributed by atoms with Gasteiger partial charge in [-0.2, -0.15) is 0 Å². The second-order valence-electron chi connectivity index (χ2n) is 8.50. The molecule has 190 valence electrons. The molecule has 0 atom stereocenters. The van der Waals surface area contributed by atoms with Crippen LogP contribution in [0.2, 0.25) is 0 Å². The van der Waals surface area contributed by atoms with Gasteiger partial charge in [0.05, 0.1) is 0 Å². The van der Waals surface area contributed by atoms with Crippen LogP contribution in [0.1, 0.15) is 18.1 Å². The van der Waals surface area contributed by atoms with Crippen LogP contribution in [-0.2, 0) is 4.74 Å². The average Bonchev–Trinajstić information content (AvgIpc) is 2.89. The van der Waals surface area contributed by atoms with Crippen molar-refractivity contribution in [2.45, 2.75) is 6.92 Å². The number of halogens is 4. The number of allylic oxidation sites excluding steroid dienone is 12. The van der Waals surface area contributed by atoms with Crippen LogP contribution in [0.5, 0.6) is 0 Å². The summed E-state index contributed by atoms with van der Waals surface area (Å²) in [5.74, 6) is 1.72. The zero-order valence-electron chi connectivity index (χ0n) is 20.9. The summed E-state index contributed by atoms with van der Waals surface area (Å²) in [4.78, 5) is 0. The molecule has 0 spiro atoms. The van der Waals surface area contributed by atoms with Crippen LogP contribution in [0.3, 0.4) is 0 Å². The summed E-state index contributed by atoms with van der Waals surface area (Å²) in [6.45, 7) is 2.09. The van der Waals surface area contributed by atoms with E-state index in [0.29, 0.717) is 0 Å². The molecule has 1 aliphatic carbocycles. The SMILES string of the molecule is CC(C=CC=C1C=CC(=[N+](C)C)C=C1)=C1C=C(c2ccccc2)C=C(c2ccccc2)O1.F[B-](F)(F)F. The van der Waals surface area contributed by atoms with E-state index in [1.54, 1.807) is 0 Å². The minimum atomic E-state index is -6.00. The van der Waals surface area contributed by atoms with Gasteiger partial charge in [0.15, 0.2) is 5.71 Å². The molecular formula is C30H28BF4NO. The Kier molecular flexibility index (Phi) is 9.44. The third-order valence-corrected chi connectivity index (χ3v) is 5.39. The molecule has 2 nitrogen and oxygen atoms in total. The van der Waals surface area contributed by atoms with E-state index in [2.05, 4.69) is 103 Å². The van der Waals surface area contributed by atoms with Gasteiger partial charge in [-0.15, -0.1) is 0 Å². The molecular weight excluding hydrogens is 477 g/mol. The van der Waals surface area contributed by atoms with Crippen LogP contribution >= 0.6 is 0 Å². The highest BCUT2D eigenvalue weighted by molar-refractivity contribution is 6.50. The van der Waals surface area contributed by atoms with Crippen molar-refractivity contribution in [1.29, 1.82) is 0 Å². The molecule has 7 heteroatoms. The van der Waals surface area contributed by atoms with Gasteiger partial charge in [0.1, 0.15) is 25.6 Å². The summed E-state index contributed by atoms with van der Waals surface area (Å²) >= 11 is 0. The van der Waals surface area contributed by atoms with Crippen molar-refractivity contribution in [2.75, 3.05) is 14.1 Å². The molecule has 2 aromatic rings. The maximum Gasteiger partial charge on any atom is 0.673 e. The van der Waals surface area contributed by atoms with Crippen molar-refractivity contribution >= 4 is 24.3 Å². The molecule has 0 saturated heterocycles. The predicted octanol–water partition coefficient (Wildman–Crippen LogP) is 8.04. The third kappa shape index (κ3) is 9.11. The molecule has 0 saturated carbocycles. The zero-order valence-corrected chi connectivity index (χ0v) is 20.9. The zero-order chi connectivity index (χ0) is 26.8. The number of nitrogens with zero attached hydrogens (tertiary/aromatic N) is 1. The standard InChI is InChI=1S/C30H28NO.BF4/c1-23(11-10-12-24-17-19-28(20-18-24)31(2)3)29-21-27(25-13-6-4-7-14-25)22-30(32-29)26-15-8-5-9-16-26;2-1(3,4)5/h4-22H,1-3H3;/q+1;-1. The number of rotatable bonds is 4. The van der Waals surface area contributed by atoms with Gasteiger partial charge >= 0.3 is 7.25 Å². The monoisotopic (exact) mass is 505 g/mol. The summed E-state index contributed by atoms with van der Waals surface area (Å²) < 4.78 is 47.4. The van der Waals surface area contributed by atoms with Crippen molar-refractivity contribution in [3.63, 3.8) is 0 Å². The van der Waals surface area contributed by atoms with E-state index < -0.39 is 7.25 Å². The molecule has 0 unspecified atom stereocenters. The number of ether oxygens (including phenoxy) is 1. The van der Waals surface area contributed by atoms with Crippen LogP contribution in [-0.4, -0.2) is 31.6 Å². The normalized spacial score (nSPS) is 16.4. The van der Waals surface area contributed by atoms with Crippen molar-refractivity contribution in [3.05, 3.63) is 143 Å². The van der Waals surface area contributed by atoms with Crippen LogP contribution in [0.15, 0.2) is 132 Å². The lowest BCUT2D eigenvalue weighted by Gasteiger charge is -2.19. The number of hydrogen-bond acceptors (Lipinski definition) is 1. The van der Waals surface area contributed by atoms with Gasteiger partial charge in [0.25, 0.3) is 0 Å². The van der Waals surface area contributed by atoms with Crippen LogP contribution < -0.4 is 0 Å². The van der Waals surface area contributed by atoms with E-state index in [1.165, 1.54) is 16.8 Å². The lowest BCUT2D eigenvalue weighted by atomic mass is 9.99. The molecule has 2 aromatic carbocycles. The molecule has 0 N–H and O–H groups in total. The highest BCUT2D eigenvalue weighted by atomic mass is 19.5. The molecule has 4 rings (SSSR count). The fourth-order valence-corrected chi connectivity index (χ4v) is 3.51. The van der Waals surface area contributed by atoms with Gasteiger partial charge in [-0.25, -0.2) is 4.58 Å². The highest BCUT2D eigenvalue weighted by Crippen LogP contribution is 2.33. The summed E-state index contributed by atoms with van der Waals surface area (Å²) in [5.41, 5.74) is 6.81. The first-order valence-corrected chi connectivity index (χ1v) is 11.7. The number of benzene rings is 2. The van der Waals surface area contributed by atoms with Gasteiger partial charge in [-0.3, -0.25) is 0 Å². The minimum absolute atomic E-state index is 0.859. The fraction of sp³-hybridized carbons (Fsp3) is 0.100. The van der Waals surface area contributed by atoms with Gasteiger partial charge < -0.3 is 22.0 Å². The molecule has 1 heterocycles. The Labute approximate surface area is 215 Å². The fourth-order valence-electron chi connectivity index (χ4n) is 3.51. The number of hydrogen-bond donors (Lipinski definition) is 0. The molecule has 2 aliphatic rings. The van der Waals surface area contributed by atoms with Gasteiger partial charge in [0, 0.05) is 17.7 Å². The molecule has 0 bridgehead atoms. The Bertz CT molecular complexity index is 1310. The van der Waals surface area contributed by atoms with Gasteiger partial charge in [-0.05, 0) is 53.5 Å². The third-order valence-electron chi connectivity index (χ3n) is 5.39. The quantitative estimate of drug-likeness (QED) is 0.233. The van der Waals surface area contributed by atoms with Gasteiger partial charge in [0.2, 0.25) is 0 Å². The first kappa shape index (κ1) is 27.5. The summed E-state index contributed by atoms with van der Waals surface area (Å²) in [6, 6.07) is 20.7. The maximum atomic E-state index is 9.75. The lowest BCUT2D eigenvalue weighted by molar-refractivity contribution is -0.462. The first-order chi connectivity index (χ1) is 17.6. The van der Waals surface area contributed by atoms with Crippen molar-refractivity contribution in [2.24, 2.45) is 0 Å². The van der Waals surface area contributed by atoms with Crippen molar-refractivity contribution in [3.8, 4) is 0 Å². The van der Waals surface area contributed by atoms with E-state index in [1.807, 2.05) is 38.4 Å². The lowest BCUT2D eigenvalue weighted by Crippen LogP contribution is -2.09. The largest absolute Gasteiger partial charge is 0.673 e. The van der Waals surface area contributed by atoms with E-state index in [0.717, 1.165) is 28.2 Å². The topological polar surface area (TPSA) is 12.2 Å². The van der Waals surface area contributed by atoms with Crippen LogP contribution in [0, 0.1) is 0 Å².